The summed E-state index contributed by atoms with van der Waals surface area (Å²) in [6.07, 6.45) is 4.06. The highest BCUT2D eigenvalue weighted by molar-refractivity contribution is 8.00. The molecule has 0 bridgehead atoms. The van der Waals surface area contributed by atoms with Crippen molar-refractivity contribution in [1.29, 1.82) is 0 Å². The van der Waals surface area contributed by atoms with E-state index in [4.69, 9.17) is 9.15 Å². The maximum Gasteiger partial charge on any atom is 0.315 e. The Morgan fingerprint density at radius 1 is 1.33 bits per heavy atom. The van der Waals surface area contributed by atoms with E-state index in [9.17, 15) is 4.79 Å². The van der Waals surface area contributed by atoms with Crippen LogP contribution in [0.25, 0.3) is 0 Å². The molecule has 2 rings (SSSR count). The van der Waals surface area contributed by atoms with Gasteiger partial charge in [0.25, 0.3) is 0 Å². The second-order valence-electron chi connectivity index (χ2n) is 5.47. The van der Waals surface area contributed by atoms with Crippen LogP contribution < -0.4 is 10.6 Å². The van der Waals surface area contributed by atoms with Gasteiger partial charge in [-0.1, -0.05) is 0 Å². The summed E-state index contributed by atoms with van der Waals surface area (Å²) >= 11 is 1.82. The van der Waals surface area contributed by atoms with E-state index in [1.807, 2.05) is 31.7 Å². The van der Waals surface area contributed by atoms with E-state index in [-0.39, 0.29) is 10.8 Å². The molecule has 0 aliphatic carbocycles. The molecular formula is C15H24N2O3S. The Morgan fingerprint density at radius 2 is 2.05 bits per heavy atom. The number of hydrogen-bond acceptors (Lipinski definition) is 4. The standard InChI is InChI=1S/C15H24N2O3S/c1-11-8-13(12(2)20-11)9-16-14(18)17-10-15(21-3)4-6-19-7-5-15/h8H,4-7,9-10H2,1-3H3,(H2,16,17,18). The molecule has 0 saturated carbocycles. The van der Waals surface area contributed by atoms with Crippen molar-refractivity contribution in [2.24, 2.45) is 0 Å². The number of hydrogen-bond donors (Lipinski definition) is 2. The SMILES string of the molecule is CSC1(CNC(=O)NCc2cc(C)oc2C)CCOCC1. The molecule has 1 aromatic rings. The maximum atomic E-state index is 11.9. The van der Waals surface area contributed by atoms with Gasteiger partial charge in [-0.15, -0.1) is 0 Å². The van der Waals surface area contributed by atoms with Gasteiger partial charge in [-0.05, 0) is 39.0 Å². The largest absolute Gasteiger partial charge is 0.466 e. The zero-order valence-electron chi connectivity index (χ0n) is 13.0. The molecule has 1 aliphatic rings. The molecule has 0 aromatic carbocycles. The van der Waals surface area contributed by atoms with E-state index < -0.39 is 0 Å². The molecule has 2 heterocycles. The minimum Gasteiger partial charge on any atom is -0.466 e. The average molecular weight is 312 g/mol. The van der Waals surface area contributed by atoms with Gasteiger partial charge in [0.2, 0.25) is 0 Å². The van der Waals surface area contributed by atoms with Gasteiger partial charge in [0.15, 0.2) is 0 Å². The Morgan fingerprint density at radius 3 is 2.62 bits per heavy atom. The van der Waals surface area contributed by atoms with Gasteiger partial charge < -0.3 is 19.8 Å². The number of furan rings is 1. The van der Waals surface area contributed by atoms with Crippen molar-refractivity contribution in [3.8, 4) is 0 Å². The van der Waals surface area contributed by atoms with Crippen molar-refractivity contribution >= 4 is 17.8 Å². The van der Waals surface area contributed by atoms with Gasteiger partial charge in [0, 0.05) is 36.6 Å². The fourth-order valence-corrected chi connectivity index (χ4v) is 3.33. The van der Waals surface area contributed by atoms with Crippen molar-refractivity contribution in [2.75, 3.05) is 26.0 Å². The van der Waals surface area contributed by atoms with Crippen molar-refractivity contribution in [1.82, 2.24) is 10.6 Å². The smallest absolute Gasteiger partial charge is 0.315 e. The monoisotopic (exact) mass is 312 g/mol. The predicted octanol–water partition coefficient (Wildman–Crippen LogP) is 2.61. The number of urea groups is 1. The zero-order chi connectivity index (χ0) is 15.3. The molecule has 118 valence electrons. The minimum absolute atomic E-state index is 0.109. The van der Waals surface area contributed by atoms with E-state index >= 15 is 0 Å². The lowest BCUT2D eigenvalue weighted by Gasteiger charge is -2.35. The number of ether oxygens (including phenoxy) is 1. The van der Waals surface area contributed by atoms with Crippen LogP contribution >= 0.6 is 11.8 Å². The highest BCUT2D eigenvalue weighted by Gasteiger charge is 2.32. The van der Waals surface area contributed by atoms with Crippen LogP contribution in [0.4, 0.5) is 4.79 Å². The van der Waals surface area contributed by atoms with Crippen LogP contribution in [0, 0.1) is 13.8 Å². The van der Waals surface area contributed by atoms with E-state index in [1.165, 1.54) is 0 Å². The number of aryl methyl sites for hydroxylation is 2. The average Bonchev–Trinajstić information content (AvgIpc) is 2.82. The second kappa shape index (κ2) is 7.22. The number of amides is 2. The first-order valence-electron chi connectivity index (χ1n) is 7.25. The second-order valence-corrected chi connectivity index (χ2v) is 6.75. The first kappa shape index (κ1) is 16.2. The van der Waals surface area contributed by atoms with Gasteiger partial charge in [0.05, 0.1) is 0 Å². The van der Waals surface area contributed by atoms with Gasteiger partial charge in [0.1, 0.15) is 11.5 Å². The molecule has 1 fully saturated rings. The van der Waals surface area contributed by atoms with Crippen LogP contribution in [0.2, 0.25) is 0 Å². The van der Waals surface area contributed by atoms with Gasteiger partial charge >= 0.3 is 6.03 Å². The Balaban J connectivity index is 1.78. The normalized spacial score (nSPS) is 17.5. The number of carbonyl (C=O) groups excluding carboxylic acids is 1. The Kier molecular flexibility index (Phi) is 5.58. The van der Waals surface area contributed by atoms with Crippen molar-refractivity contribution in [3.05, 3.63) is 23.2 Å². The third-order valence-electron chi connectivity index (χ3n) is 3.99. The summed E-state index contributed by atoms with van der Waals surface area (Å²) in [7, 11) is 0. The van der Waals surface area contributed by atoms with Crippen LogP contribution in [0.15, 0.2) is 10.5 Å². The molecule has 21 heavy (non-hydrogen) atoms. The molecule has 6 heteroatoms. The van der Waals surface area contributed by atoms with Crippen LogP contribution in [-0.4, -0.2) is 36.8 Å². The fourth-order valence-electron chi connectivity index (χ4n) is 2.53. The summed E-state index contributed by atoms with van der Waals surface area (Å²) < 4.78 is 11.0. The van der Waals surface area contributed by atoms with E-state index in [2.05, 4.69) is 16.9 Å². The molecule has 2 amide bonds. The number of thioether (sulfide) groups is 1. The Bertz CT molecular complexity index is 481. The van der Waals surface area contributed by atoms with E-state index in [1.54, 1.807) is 0 Å². The minimum atomic E-state index is -0.131. The topological polar surface area (TPSA) is 63.5 Å². The first-order chi connectivity index (χ1) is 10.0. The molecule has 1 aliphatic heterocycles. The van der Waals surface area contributed by atoms with E-state index in [0.717, 1.165) is 43.1 Å². The number of carbonyl (C=O) groups is 1. The third kappa shape index (κ3) is 4.41. The van der Waals surface area contributed by atoms with Crippen molar-refractivity contribution < 1.29 is 13.9 Å². The fraction of sp³-hybridized carbons (Fsp3) is 0.667. The van der Waals surface area contributed by atoms with Gasteiger partial charge in [-0.25, -0.2) is 4.79 Å². The molecule has 1 aromatic heterocycles. The molecule has 0 unspecified atom stereocenters. The Labute approximate surface area is 130 Å². The molecular weight excluding hydrogens is 288 g/mol. The van der Waals surface area contributed by atoms with Crippen LogP contribution in [0.3, 0.4) is 0 Å². The predicted molar refractivity (Wildman–Crippen MR) is 84.7 cm³/mol. The summed E-state index contributed by atoms with van der Waals surface area (Å²) in [5.41, 5.74) is 1.02. The van der Waals surface area contributed by atoms with Crippen LogP contribution in [0.5, 0.6) is 0 Å². The lowest BCUT2D eigenvalue weighted by Crippen LogP contribution is -2.47. The molecule has 0 atom stereocenters. The first-order valence-corrected chi connectivity index (χ1v) is 8.48. The zero-order valence-corrected chi connectivity index (χ0v) is 13.8. The maximum absolute atomic E-state index is 11.9. The van der Waals surface area contributed by atoms with Crippen molar-refractivity contribution in [2.45, 2.75) is 38.0 Å². The number of nitrogens with one attached hydrogen (secondary N) is 2. The summed E-state index contributed by atoms with van der Waals surface area (Å²) in [4.78, 5) is 11.9. The summed E-state index contributed by atoms with van der Waals surface area (Å²) in [6.45, 7) is 6.53. The third-order valence-corrected chi connectivity index (χ3v) is 5.41. The summed E-state index contributed by atoms with van der Waals surface area (Å²) in [5, 5.41) is 5.87. The van der Waals surface area contributed by atoms with Gasteiger partial charge in [-0.3, -0.25) is 0 Å². The highest BCUT2D eigenvalue weighted by Crippen LogP contribution is 2.32. The van der Waals surface area contributed by atoms with Crippen LogP contribution in [-0.2, 0) is 11.3 Å². The van der Waals surface area contributed by atoms with Crippen molar-refractivity contribution in [3.63, 3.8) is 0 Å². The van der Waals surface area contributed by atoms with Gasteiger partial charge in [-0.2, -0.15) is 11.8 Å². The molecule has 0 radical (unpaired) electrons. The summed E-state index contributed by atoms with van der Waals surface area (Å²) in [5.74, 6) is 1.73. The number of rotatable bonds is 5. The molecule has 1 saturated heterocycles. The summed E-state index contributed by atoms with van der Waals surface area (Å²) in [6, 6.07) is 1.82. The quantitative estimate of drug-likeness (QED) is 0.877. The molecule has 0 spiro atoms. The highest BCUT2D eigenvalue weighted by atomic mass is 32.2. The lowest BCUT2D eigenvalue weighted by atomic mass is 9.99. The lowest BCUT2D eigenvalue weighted by molar-refractivity contribution is 0.0777. The van der Waals surface area contributed by atoms with E-state index in [0.29, 0.717) is 13.1 Å². The Hall–Kier alpha value is -1.14. The van der Waals surface area contributed by atoms with Crippen LogP contribution in [0.1, 0.15) is 29.9 Å². The molecule has 5 nitrogen and oxygen atoms in total. The molecule has 2 N–H and O–H groups in total.